The minimum Gasteiger partial charge on any atom is -0.382 e. The van der Waals surface area contributed by atoms with Gasteiger partial charge in [0.1, 0.15) is 22.9 Å². The lowest BCUT2D eigenvalue weighted by Crippen LogP contribution is -2.38. The number of sulfonamides is 1. The SMILES string of the molecule is CCS(=O)(=O)NC(=O)C1CCC(c2nc(-c3cc4ccccc4[nH]3)c3c(N)nccn23)CC1. The zero-order valence-electron chi connectivity index (χ0n) is 18.3. The number of hydrogen-bond acceptors (Lipinski definition) is 6. The Hall–Kier alpha value is -3.40. The van der Waals surface area contributed by atoms with E-state index in [4.69, 9.17) is 10.7 Å². The lowest BCUT2D eigenvalue weighted by atomic mass is 9.81. The number of amides is 1. The van der Waals surface area contributed by atoms with Gasteiger partial charge >= 0.3 is 0 Å². The molecule has 3 heterocycles. The molecule has 172 valence electrons. The van der Waals surface area contributed by atoms with E-state index in [9.17, 15) is 13.2 Å². The number of carbonyl (C=O) groups is 1. The zero-order valence-corrected chi connectivity index (χ0v) is 19.1. The van der Waals surface area contributed by atoms with Gasteiger partial charge in [-0.3, -0.25) is 13.9 Å². The van der Waals surface area contributed by atoms with Crippen LogP contribution in [0, 0.1) is 5.92 Å². The molecule has 9 nitrogen and oxygen atoms in total. The summed E-state index contributed by atoms with van der Waals surface area (Å²) in [6.07, 6.45) is 6.21. The molecule has 0 aliphatic heterocycles. The first-order chi connectivity index (χ1) is 15.9. The summed E-state index contributed by atoms with van der Waals surface area (Å²) >= 11 is 0. The van der Waals surface area contributed by atoms with E-state index in [0.29, 0.717) is 18.7 Å². The van der Waals surface area contributed by atoms with Crippen molar-refractivity contribution in [2.45, 2.75) is 38.5 Å². The number of aromatic nitrogens is 4. The van der Waals surface area contributed by atoms with E-state index in [-0.39, 0.29) is 17.6 Å². The Morgan fingerprint density at radius 3 is 2.73 bits per heavy atom. The average Bonchev–Trinajstić information content (AvgIpc) is 3.41. The summed E-state index contributed by atoms with van der Waals surface area (Å²) in [5.74, 6) is 0.587. The quantitative estimate of drug-likeness (QED) is 0.413. The molecule has 1 saturated carbocycles. The van der Waals surface area contributed by atoms with Gasteiger partial charge in [0.2, 0.25) is 15.9 Å². The largest absolute Gasteiger partial charge is 0.382 e. The normalized spacial score (nSPS) is 19.2. The second-order valence-electron chi connectivity index (χ2n) is 8.54. The molecule has 5 rings (SSSR count). The molecule has 0 bridgehead atoms. The average molecular weight is 467 g/mol. The van der Waals surface area contributed by atoms with E-state index in [1.54, 1.807) is 6.20 Å². The fourth-order valence-electron chi connectivity index (χ4n) is 4.69. The second kappa shape index (κ2) is 8.18. The van der Waals surface area contributed by atoms with Gasteiger partial charge in [0.15, 0.2) is 0 Å². The van der Waals surface area contributed by atoms with E-state index in [0.717, 1.165) is 46.5 Å². The number of nitrogens with two attached hydrogens (primary N) is 1. The third kappa shape index (κ3) is 3.95. The van der Waals surface area contributed by atoms with Crippen molar-refractivity contribution in [2.75, 3.05) is 11.5 Å². The molecule has 0 spiro atoms. The van der Waals surface area contributed by atoms with Crippen LogP contribution in [-0.2, 0) is 14.8 Å². The minimum atomic E-state index is -3.55. The number of nitrogens with one attached hydrogen (secondary N) is 2. The number of imidazole rings is 1. The van der Waals surface area contributed by atoms with Crippen molar-refractivity contribution in [3.63, 3.8) is 0 Å². The number of nitrogen functional groups attached to an aromatic ring is 1. The summed E-state index contributed by atoms with van der Waals surface area (Å²) in [7, 11) is -3.55. The zero-order chi connectivity index (χ0) is 23.2. The van der Waals surface area contributed by atoms with Gasteiger partial charge < -0.3 is 10.7 Å². The first-order valence-corrected chi connectivity index (χ1v) is 12.8. The highest BCUT2D eigenvalue weighted by atomic mass is 32.2. The number of fused-ring (bicyclic) bond motifs is 2. The number of aromatic amines is 1. The minimum absolute atomic E-state index is 0.111. The predicted molar refractivity (Wildman–Crippen MR) is 127 cm³/mol. The Balaban J connectivity index is 1.45. The van der Waals surface area contributed by atoms with Crippen LogP contribution in [0.2, 0.25) is 0 Å². The molecule has 1 amide bonds. The molecular formula is C23H26N6O3S. The number of carbonyl (C=O) groups excluding carboxylic acids is 1. The van der Waals surface area contributed by atoms with Crippen LogP contribution in [0.1, 0.15) is 44.3 Å². The first-order valence-electron chi connectivity index (χ1n) is 11.1. The fourth-order valence-corrected chi connectivity index (χ4v) is 5.30. The summed E-state index contributed by atoms with van der Waals surface area (Å²) < 4.78 is 27.7. The highest BCUT2D eigenvalue weighted by molar-refractivity contribution is 7.90. The van der Waals surface area contributed by atoms with Gasteiger partial charge in [-0.1, -0.05) is 18.2 Å². The van der Waals surface area contributed by atoms with Crippen molar-refractivity contribution in [1.29, 1.82) is 0 Å². The maximum atomic E-state index is 12.4. The highest BCUT2D eigenvalue weighted by Crippen LogP contribution is 2.39. The van der Waals surface area contributed by atoms with Crippen molar-refractivity contribution < 1.29 is 13.2 Å². The van der Waals surface area contributed by atoms with E-state index in [2.05, 4.69) is 20.8 Å². The van der Waals surface area contributed by atoms with Gasteiger partial charge in [0, 0.05) is 35.1 Å². The van der Waals surface area contributed by atoms with Crippen LogP contribution >= 0.6 is 0 Å². The molecule has 0 saturated heterocycles. The highest BCUT2D eigenvalue weighted by Gasteiger charge is 2.31. The van der Waals surface area contributed by atoms with Gasteiger partial charge in [-0.15, -0.1) is 0 Å². The topological polar surface area (TPSA) is 135 Å². The summed E-state index contributed by atoms with van der Waals surface area (Å²) in [5, 5.41) is 1.09. The standard InChI is InChI=1S/C23H26N6O3S/c1-2-33(31,32)28-23(30)15-9-7-14(8-10-15)22-27-19(20-21(24)25-11-12-29(20)22)18-13-16-5-3-4-6-17(16)26-18/h3-6,11-15,26H,2,7-10H2,1H3,(H2,24,25)(H,28,30). The molecule has 1 aliphatic rings. The van der Waals surface area contributed by atoms with Crippen molar-refractivity contribution in [3.05, 3.63) is 48.5 Å². The van der Waals surface area contributed by atoms with Crippen molar-refractivity contribution in [1.82, 2.24) is 24.1 Å². The monoisotopic (exact) mass is 466 g/mol. The number of nitrogens with zero attached hydrogens (tertiary/aromatic N) is 3. The summed E-state index contributed by atoms with van der Waals surface area (Å²) in [4.78, 5) is 25.1. The predicted octanol–water partition coefficient (Wildman–Crippen LogP) is 3.20. The number of anilines is 1. The molecule has 0 unspecified atom stereocenters. The Bertz CT molecular complexity index is 1410. The van der Waals surface area contributed by atoms with Crippen molar-refractivity contribution >= 4 is 38.2 Å². The molecule has 1 aromatic carbocycles. The summed E-state index contributed by atoms with van der Waals surface area (Å²) in [6.45, 7) is 1.52. The van der Waals surface area contributed by atoms with Crippen molar-refractivity contribution in [3.8, 4) is 11.4 Å². The lowest BCUT2D eigenvalue weighted by molar-refractivity contribution is -0.124. The van der Waals surface area contributed by atoms with Crippen LogP contribution in [0.3, 0.4) is 0 Å². The van der Waals surface area contributed by atoms with Gasteiger partial charge in [-0.2, -0.15) is 0 Å². The van der Waals surface area contributed by atoms with Crippen molar-refractivity contribution in [2.24, 2.45) is 5.92 Å². The van der Waals surface area contributed by atoms with Gasteiger partial charge in [0.25, 0.3) is 0 Å². The Morgan fingerprint density at radius 1 is 1.24 bits per heavy atom. The Labute approximate surface area is 191 Å². The number of H-pyrrole nitrogens is 1. The van der Waals surface area contributed by atoms with Crippen LogP contribution in [0.5, 0.6) is 0 Å². The molecule has 0 atom stereocenters. The van der Waals surface area contributed by atoms with E-state index in [1.807, 2.05) is 34.9 Å². The van der Waals surface area contributed by atoms with Crippen LogP contribution < -0.4 is 10.5 Å². The van der Waals surface area contributed by atoms with E-state index < -0.39 is 15.9 Å². The number of benzene rings is 1. The Morgan fingerprint density at radius 2 is 2.00 bits per heavy atom. The molecule has 3 aromatic heterocycles. The molecule has 0 radical (unpaired) electrons. The molecule has 4 N–H and O–H groups in total. The maximum Gasteiger partial charge on any atom is 0.236 e. The third-order valence-corrected chi connectivity index (χ3v) is 7.77. The van der Waals surface area contributed by atoms with Crippen LogP contribution in [-0.4, -0.2) is 39.4 Å². The molecular weight excluding hydrogens is 440 g/mol. The lowest BCUT2D eigenvalue weighted by Gasteiger charge is -2.27. The van der Waals surface area contributed by atoms with E-state index >= 15 is 0 Å². The molecule has 10 heteroatoms. The molecule has 1 fully saturated rings. The van der Waals surface area contributed by atoms with Crippen LogP contribution in [0.4, 0.5) is 5.82 Å². The molecule has 33 heavy (non-hydrogen) atoms. The maximum absolute atomic E-state index is 12.4. The third-order valence-electron chi connectivity index (χ3n) is 6.49. The number of rotatable bonds is 5. The Kier molecular flexibility index (Phi) is 5.32. The molecule has 4 aromatic rings. The second-order valence-corrected chi connectivity index (χ2v) is 10.5. The van der Waals surface area contributed by atoms with Gasteiger partial charge in [-0.25, -0.2) is 18.4 Å². The van der Waals surface area contributed by atoms with Crippen LogP contribution in [0.15, 0.2) is 42.7 Å². The smallest absolute Gasteiger partial charge is 0.236 e. The van der Waals surface area contributed by atoms with Gasteiger partial charge in [0.05, 0.1) is 11.4 Å². The van der Waals surface area contributed by atoms with E-state index in [1.165, 1.54) is 6.92 Å². The summed E-state index contributed by atoms with van der Waals surface area (Å²) in [5.41, 5.74) is 9.67. The van der Waals surface area contributed by atoms with Gasteiger partial charge in [-0.05, 0) is 44.7 Å². The number of para-hydroxylation sites is 1. The summed E-state index contributed by atoms with van der Waals surface area (Å²) in [6, 6.07) is 10.1. The first kappa shape index (κ1) is 21.4. The molecule has 1 aliphatic carbocycles. The fraction of sp³-hybridized carbons (Fsp3) is 0.348. The van der Waals surface area contributed by atoms with Crippen LogP contribution in [0.25, 0.3) is 27.8 Å². The number of hydrogen-bond donors (Lipinski definition) is 3.